The molecule has 1 saturated carbocycles. The SMILES string of the molecule is CC(c1cc(N)n[nH]1)C1CCC1. The van der Waals surface area contributed by atoms with Gasteiger partial charge >= 0.3 is 0 Å². The summed E-state index contributed by atoms with van der Waals surface area (Å²) in [6.07, 6.45) is 4.11. The minimum absolute atomic E-state index is 0.601. The van der Waals surface area contributed by atoms with Gasteiger partial charge in [-0.05, 0) is 18.8 Å². The number of nitrogens with two attached hydrogens (primary N) is 1. The average Bonchev–Trinajstić information content (AvgIpc) is 2.31. The van der Waals surface area contributed by atoms with Gasteiger partial charge in [0.05, 0.1) is 0 Å². The zero-order chi connectivity index (χ0) is 8.55. The van der Waals surface area contributed by atoms with Crippen LogP contribution in [0.5, 0.6) is 0 Å². The van der Waals surface area contributed by atoms with Gasteiger partial charge < -0.3 is 5.73 Å². The Hall–Kier alpha value is -0.990. The summed E-state index contributed by atoms with van der Waals surface area (Å²) in [6.45, 7) is 2.25. The fourth-order valence-corrected chi connectivity index (χ4v) is 1.78. The maximum atomic E-state index is 5.53. The van der Waals surface area contributed by atoms with Crippen molar-refractivity contribution in [3.63, 3.8) is 0 Å². The molecular weight excluding hydrogens is 150 g/mol. The van der Waals surface area contributed by atoms with Crippen LogP contribution in [-0.4, -0.2) is 10.2 Å². The Kier molecular flexibility index (Phi) is 1.79. The highest BCUT2D eigenvalue weighted by atomic mass is 15.2. The van der Waals surface area contributed by atoms with Crippen molar-refractivity contribution in [3.05, 3.63) is 11.8 Å². The van der Waals surface area contributed by atoms with Crippen molar-refractivity contribution in [1.82, 2.24) is 10.2 Å². The smallest absolute Gasteiger partial charge is 0.145 e. The molecule has 3 heteroatoms. The van der Waals surface area contributed by atoms with Crippen LogP contribution in [0.25, 0.3) is 0 Å². The highest BCUT2D eigenvalue weighted by molar-refractivity contribution is 5.30. The van der Waals surface area contributed by atoms with Gasteiger partial charge in [-0.1, -0.05) is 13.3 Å². The zero-order valence-corrected chi connectivity index (χ0v) is 7.38. The van der Waals surface area contributed by atoms with Crippen molar-refractivity contribution in [2.45, 2.75) is 32.1 Å². The average molecular weight is 165 g/mol. The Morgan fingerprint density at radius 1 is 1.67 bits per heavy atom. The second-order valence-electron chi connectivity index (χ2n) is 3.73. The molecule has 12 heavy (non-hydrogen) atoms. The molecule has 1 fully saturated rings. The molecule has 1 aromatic rings. The van der Waals surface area contributed by atoms with E-state index in [1.165, 1.54) is 25.0 Å². The summed E-state index contributed by atoms with van der Waals surface area (Å²) in [5.74, 6) is 2.06. The molecule has 1 heterocycles. The molecule has 1 atom stereocenters. The molecule has 1 aliphatic rings. The van der Waals surface area contributed by atoms with E-state index in [4.69, 9.17) is 5.73 Å². The molecule has 66 valence electrons. The molecule has 0 bridgehead atoms. The second-order valence-corrected chi connectivity index (χ2v) is 3.73. The van der Waals surface area contributed by atoms with E-state index < -0.39 is 0 Å². The number of aromatic amines is 1. The molecule has 1 unspecified atom stereocenters. The molecule has 2 rings (SSSR count). The second kappa shape index (κ2) is 2.81. The fourth-order valence-electron chi connectivity index (χ4n) is 1.78. The molecule has 0 saturated heterocycles. The van der Waals surface area contributed by atoms with Gasteiger partial charge in [0.2, 0.25) is 0 Å². The van der Waals surface area contributed by atoms with Crippen LogP contribution >= 0.6 is 0 Å². The minimum Gasteiger partial charge on any atom is -0.382 e. The van der Waals surface area contributed by atoms with Crippen molar-refractivity contribution >= 4 is 5.82 Å². The fraction of sp³-hybridized carbons (Fsp3) is 0.667. The summed E-state index contributed by atoms with van der Waals surface area (Å²) in [7, 11) is 0. The van der Waals surface area contributed by atoms with E-state index in [2.05, 4.69) is 17.1 Å². The van der Waals surface area contributed by atoms with Crippen LogP contribution in [0.3, 0.4) is 0 Å². The van der Waals surface area contributed by atoms with Crippen molar-refractivity contribution < 1.29 is 0 Å². The number of hydrogen-bond acceptors (Lipinski definition) is 2. The van der Waals surface area contributed by atoms with Crippen LogP contribution < -0.4 is 5.73 Å². The molecule has 1 aromatic heterocycles. The summed E-state index contributed by atoms with van der Waals surface area (Å²) < 4.78 is 0. The third kappa shape index (κ3) is 1.19. The van der Waals surface area contributed by atoms with Crippen molar-refractivity contribution in [2.75, 3.05) is 5.73 Å². The lowest BCUT2D eigenvalue weighted by atomic mass is 9.75. The van der Waals surface area contributed by atoms with E-state index in [1.807, 2.05) is 6.07 Å². The Bertz CT molecular complexity index is 262. The summed E-state index contributed by atoms with van der Waals surface area (Å²) in [5, 5.41) is 6.91. The van der Waals surface area contributed by atoms with Gasteiger partial charge in [-0.15, -0.1) is 0 Å². The number of hydrogen-bond donors (Lipinski definition) is 2. The van der Waals surface area contributed by atoms with E-state index in [1.54, 1.807) is 0 Å². The first-order valence-corrected chi connectivity index (χ1v) is 4.58. The van der Waals surface area contributed by atoms with Crippen molar-refractivity contribution in [2.24, 2.45) is 5.92 Å². The Morgan fingerprint density at radius 2 is 2.42 bits per heavy atom. The normalized spacial score (nSPS) is 20.4. The minimum atomic E-state index is 0.601. The molecule has 1 aliphatic carbocycles. The summed E-state index contributed by atoms with van der Waals surface area (Å²) in [6, 6.07) is 1.95. The van der Waals surface area contributed by atoms with Crippen LogP contribution in [-0.2, 0) is 0 Å². The third-order valence-electron chi connectivity index (χ3n) is 2.96. The Morgan fingerprint density at radius 3 is 2.83 bits per heavy atom. The summed E-state index contributed by atoms with van der Waals surface area (Å²) in [4.78, 5) is 0. The highest BCUT2D eigenvalue weighted by Crippen LogP contribution is 2.38. The number of anilines is 1. The van der Waals surface area contributed by atoms with Crippen LogP contribution in [0.1, 0.15) is 37.8 Å². The van der Waals surface area contributed by atoms with Gasteiger partial charge in [0.1, 0.15) is 5.82 Å². The van der Waals surface area contributed by atoms with E-state index in [9.17, 15) is 0 Å². The zero-order valence-electron chi connectivity index (χ0n) is 7.38. The molecule has 3 nitrogen and oxygen atoms in total. The molecule has 0 aromatic carbocycles. The van der Waals surface area contributed by atoms with Crippen LogP contribution in [0.2, 0.25) is 0 Å². The third-order valence-corrected chi connectivity index (χ3v) is 2.96. The van der Waals surface area contributed by atoms with Gasteiger partial charge in [-0.3, -0.25) is 5.10 Å². The number of nitrogen functional groups attached to an aromatic ring is 1. The monoisotopic (exact) mass is 165 g/mol. The highest BCUT2D eigenvalue weighted by Gasteiger charge is 2.25. The summed E-state index contributed by atoms with van der Waals surface area (Å²) >= 11 is 0. The van der Waals surface area contributed by atoms with E-state index >= 15 is 0 Å². The quantitative estimate of drug-likeness (QED) is 0.703. The predicted molar refractivity (Wildman–Crippen MR) is 48.8 cm³/mol. The first-order valence-electron chi connectivity index (χ1n) is 4.58. The first kappa shape index (κ1) is 7.65. The Labute approximate surface area is 72.4 Å². The molecule has 3 N–H and O–H groups in total. The van der Waals surface area contributed by atoms with Gasteiger partial charge in [0.25, 0.3) is 0 Å². The topological polar surface area (TPSA) is 54.7 Å². The maximum absolute atomic E-state index is 5.53. The largest absolute Gasteiger partial charge is 0.382 e. The molecular formula is C9H15N3. The van der Waals surface area contributed by atoms with Crippen molar-refractivity contribution in [3.8, 4) is 0 Å². The van der Waals surface area contributed by atoms with Crippen LogP contribution in [0.15, 0.2) is 6.07 Å². The lowest BCUT2D eigenvalue weighted by Gasteiger charge is -2.30. The number of nitrogens with zero attached hydrogens (tertiary/aromatic N) is 1. The number of H-pyrrole nitrogens is 1. The van der Waals surface area contributed by atoms with E-state index in [-0.39, 0.29) is 0 Å². The van der Waals surface area contributed by atoms with Gasteiger partial charge in [0.15, 0.2) is 0 Å². The lowest BCUT2D eigenvalue weighted by molar-refractivity contribution is 0.269. The molecule has 0 amide bonds. The predicted octanol–water partition coefficient (Wildman–Crippen LogP) is 1.90. The standard InChI is InChI=1S/C9H15N3/c1-6(7-3-2-4-7)8-5-9(10)12-11-8/h5-7H,2-4H2,1H3,(H3,10,11,12). The van der Waals surface area contributed by atoms with Crippen LogP contribution in [0, 0.1) is 5.92 Å². The van der Waals surface area contributed by atoms with Gasteiger partial charge in [-0.25, -0.2) is 0 Å². The Balaban J connectivity index is 2.08. The van der Waals surface area contributed by atoms with E-state index in [0.29, 0.717) is 11.7 Å². The van der Waals surface area contributed by atoms with Crippen molar-refractivity contribution in [1.29, 1.82) is 0 Å². The lowest BCUT2D eigenvalue weighted by Crippen LogP contribution is -2.18. The van der Waals surface area contributed by atoms with Crippen LogP contribution in [0.4, 0.5) is 5.82 Å². The molecule has 0 aliphatic heterocycles. The van der Waals surface area contributed by atoms with Gasteiger partial charge in [-0.2, -0.15) is 5.10 Å². The van der Waals surface area contributed by atoms with Gasteiger partial charge in [0, 0.05) is 17.7 Å². The summed E-state index contributed by atoms with van der Waals surface area (Å²) in [5.41, 5.74) is 6.73. The van der Waals surface area contributed by atoms with E-state index in [0.717, 1.165) is 5.92 Å². The first-order chi connectivity index (χ1) is 5.77. The maximum Gasteiger partial charge on any atom is 0.145 e. The number of aromatic nitrogens is 2. The molecule has 0 radical (unpaired) electrons. The number of rotatable bonds is 2. The number of nitrogens with one attached hydrogen (secondary N) is 1. The molecule has 0 spiro atoms.